The molecule has 0 spiro atoms. The second-order valence-electron chi connectivity index (χ2n) is 6.14. The van der Waals surface area contributed by atoms with Gasteiger partial charge in [0.15, 0.2) is 6.61 Å². The van der Waals surface area contributed by atoms with Gasteiger partial charge in [-0.2, -0.15) is 5.26 Å². The van der Waals surface area contributed by atoms with Crippen molar-refractivity contribution >= 4 is 28.9 Å². The molecule has 0 atom stereocenters. The highest BCUT2D eigenvalue weighted by Gasteiger charge is 2.21. The van der Waals surface area contributed by atoms with Crippen molar-refractivity contribution in [1.82, 2.24) is 4.57 Å². The molecule has 3 aromatic rings. The number of para-hydroxylation sites is 1. The zero-order valence-electron chi connectivity index (χ0n) is 15.6. The number of anilines is 1. The molecule has 0 saturated carbocycles. The molecule has 28 heavy (non-hydrogen) atoms. The lowest BCUT2D eigenvalue weighted by Crippen LogP contribution is -2.35. The lowest BCUT2D eigenvalue weighted by molar-refractivity contribution is -0.121. The van der Waals surface area contributed by atoms with Gasteiger partial charge in [0.25, 0.3) is 5.91 Å². The van der Waals surface area contributed by atoms with E-state index in [4.69, 9.17) is 10.00 Å². The largest absolute Gasteiger partial charge is 0.452 e. The third-order valence-electron chi connectivity index (χ3n) is 4.26. The maximum Gasteiger partial charge on any atom is 0.341 e. The van der Waals surface area contributed by atoms with E-state index in [0.29, 0.717) is 11.3 Å². The summed E-state index contributed by atoms with van der Waals surface area (Å²) in [5.74, 6) is -1.02. The molecule has 0 radical (unpaired) electrons. The highest BCUT2D eigenvalue weighted by molar-refractivity contribution is 7.13. The SMILES string of the molecule is Cc1ccc(C)n1-c1sccc1C(=O)OCC(=O)N(CC#N)c1ccccc1. The summed E-state index contributed by atoms with van der Waals surface area (Å²) in [6, 6.07) is 16.4. The summed E-state index contributed by atoms with van der Waals surface area (Å²) in [4.78, 5) is 26.4. The van der Waals surface area contributed by atoms with E-state index < -0.39 is 18.5 Å². The monoisotopic (exact) mass is 393 g/mol. The first-order valence-corrected chi connectivity index (χ1v) is 9.53. The van der Waals surface area contributed by atoms with E-state index in [1.54, 1.807) is 30.3 Å². The van der Waals surface area contributed by atoms with E-state index in [1.807, 2.05) is 48.1 Å². The Morgan fingerprint density at radius 3 is 2.43 bits per heavy atom. The maximum absolute atomic E-state index is 12.6. The van der Waals surface area contributed by atoms with Crippen molar-refractivity contribution < 1.29 is 14.3 Å². The number of carbonyl (C=O) groups excluding carboxylic acids is 2. The van der Waals surface area contributed by atoms with E-state index in [2.05, 4.69) is 0 Å². The summed E-state index contributed by atoms with van der Waals surface area (Å²) in [7, 11) is 0. The van der Waals surface area contributed by atoms with E-state index in [0.717, 1.165) is 16.4 Å². The number of nitriles is 1. The number of esters is 1. The minimum Gasteiger partial charge on any atom is -0.452 e. The molecule has 0 aliphatic rings. The Balaban J connectivity index is 1.74. The molecule has 0 fully saturated rings. The minimum atomic E-state index is -0.568. The summed E-state index contributed by atoms with van der Waals surface area (Å²) in [5.41, 5.74) is 3.01. The molecule has 0 N–H and O–H groups in total. The van der Waals surface area contributed by atoms with Crippen molar-refractivity contribution in [2.75, 3.05) is 18.1 Å². The average Bonchev–Trinajstić information content (AvgIpc) is 3.30. The molecular formula is C21H19N3O3S. The number of nitrogens with zero attached hydrogens (tertiary/aromatic N) is 3. The zero-order valence-corrected chi connectivity index (χ0v) is 16.4. The molecule has 0 aliphatic carbocycles. The van der Waals surface area contributed by atoms with E-state index in [-0.39, 0.29) is 6.54 Å². The Labute approximate surface area is 167 Å². The maximum atomic E-state index is 12.6. The fourth-order valence-corrected chi connectivity index (χ4v) is 3.91. The van der Waals surface area contributed by atoms with Crippen molar-refractivity contribution in [3.8, 4) is 11.1 Å². The van der Waals surface area contributed by atoms with Crippen LogP contribution in [0.25, 0.3) is 5.00 Å². The lowest BCUT2D eigenvalue weighted by Gasteiger charge is -2.19. The number of rotatable bonds is 6. The Morgan fingerprint density at radius 2 is 1.79 bits per heavy atom. The van der Waals surface area contributed by atoms with E-state index in [9.17, 15) is 9.59 Å². The number of thiophene rings is 1. The number of benzene rings is 1. The molecule has 3 rings (SSSR count). The fraction of sp³-hybridized carbons (Fsp3) is 0.190. The number of hydrogen-bond acceptors (Lipinski definition) is 5. The molecule has 2 heterocycles. The van der Waals surface area contributed by atoms with Crippen LogP contribution < -0.4 is 4.90 Å². The first kappa shape index (κ1) is 19.4. The number of aromatic nitrogens is 1. The van der Waals surface area contributed by atoms with Gasteiger partial charge in [-0.15, -0.1) is 11.3 Å². The average molecular weight is 393 g/mol. The summed E-state index contributed by atoms with van der Waals surface area (Å²) >= 11 is 1.43. The number of amides is 1. The van der Waals surface area contributed by atoms with Crippen LogP contribution >= 0.6 is 11.3 Å². The molecule has 0 saturated heterocycles. The van der Waals surface area contributed by atoms with Gasteiger partial charge in [-0.25, -0.2) is 4.79 Å². The number of ether oxygens (including phenoxy) is 1. The normalized spacial score (nSPS) is 10.3. The summed E-state index contributed by atoms with van der Waals surface area (Å²) in [6.07, 6.45) is 0. The molecular weight excluding hydrogens is 374 g/mol. The van der Waals surface area contributed by atoms with Crippen LogP contribution in [0.3, 0.4) is 0 Å². The van der Waals surface area contributed by atoms with Crippen molar-refractivity contribution in [2.45, 2.75) is 13.8 Å². The van der Waals surface area contributed by atoms with Crippen molar-refractivity contribution in [3.63, 3.8) is 0 Å². The van der Waals surface area contributed by atoms with Crippen LogP contribution in [0, 0.1) is 25.2 Å². The number of carbonyl (C=O) groups is 2. The summed E-state index contributed by atoms with van der Waals surface area (Å²) in [6.45, 7) is 3.37. The highest BCUT2D eigenvalue weighted by Crippen LogP contribution is 2.26. The number of aryl methyl sites for hydroxylation is 2. The highest BCUT2D eigenvalue weighted by atomic mass is 32.1. The molecule has 142 valence electrons. The van der Waals surface area contributed by atoms with Gasteiger partial charge in [-0.3, -0.25) is 9.69 Å². The Morgan fingerprint density at radius 1 is 1.11 bits per heavy atom. The molecule has 6 nitrogen and oxygen atoms in total. The van der Waals surface area contributed by atoms with Crippen LogP contribution in [0.1, 0.15) is 21.7 Å². The van der Waals surface area contributed by atoms with E-state index >= 15 is 0 Å². The van der Waals surface area contributed by atoms with E-state index in [1.165, 1.54) is 16.2 Å². The predicted molar refractivity (Wildman–Crippen MR) is 108 cm³/mol. The topological polar surface area (TPSA) is 75.3 Å². The molecule has 2 aromatic heterocycles. The Kier molecular flexibility index (Phi) is 5.92. The standard InChI is InChI=1S/C21H19N3O3S/c1-15-8-9-16(2)24(15)20-18(10-13-28-20)21(26)27-14-19(25)23(12-11-22)17-6-4-3-5-7-17/h3-10,13H,12,14H2,1-2H3. The van der Waals surface area contributed by atoms with Crippen molar-refractivity contribution in [1.29, 1.82) is 5.26 Å². The second kappa shape index (κ2) is 8.55. The first-order chi connectivity index (χ1) is 13.5. The van der Waals surface area contributed by atoms with Gasteiger partial charge < -0.3 is 9.30 Å². The summed E-state index contributed by atoms with van der Waals surface area (Å²) in [5, 5.41) is 11.6. The molecule has 1 amide bonds. The quantitative estimate of drug-likeness (QED) is 0.471. The summed E-state index contributed by atoms with van der Waals surface area (Å²) < 4.78 is 7.25. The van der Waals surface area contributed by atoms with Gasteiger partial charge in [-0.05, 0) is 49.6 Å². The van der Waals surface area contributed by atoms with Crippen LogP contribution in [-0.2, 0) is 9.53 Å². The van der Waals surface area contributed by atoms with Crippen molar-refractivity contribution in [2.24, 2.45) is 0 Å². The van der Waals surface area contributed by atoms with Crippen LogP contribution in [0.2, 0.25) is 0 Å². The fourth-order valence-electron chi connectivity index (χ4n) is 2.90. The third kappa shape index (κ3) is 3.97. The predicted octanol–water partition coefficient (Wildman–Crippen LogP) is 3.87. The first-order valence-electron chi connectivity index (χ1n) is 8.65. The Hall–Kier alpha value is -3.37. The van der Waals surface area contributed by atoms with Crippen LogP contribution in [0.4, 0.5) is 5.69 Å². The lowest BCUT2D eigenvalue weighted by atomic mass is 10.3. The molecule has 0 aliphatic heterocycles. The van der Waals surface area contributed by atoms with Crippen LogP contribution in [0.5, 0.6) is 0 Å². The molecule has 0 bridgehead atoms. The van der Waals surface area contributed by atoms with Crippen LogP contribution in [0.15, 0.2) is 53.9 Å². The van der Waals surface area contributed by atoms with Gasteiger partial charge in [0.1, 0.15) is 11.5 Å². The third-order valence-corrected chi connectivity index (χ3v) is 5.16. The van der Waals surface area contributed by atoms with Crippen molar-refractivity contribution in [3.05, 3.63) is 70.9 Å². The van der Waals surface area contributed by atoms with Gasteiger partial charge in [0.2, 0.25) is 0 Å². The van der Waals surface area contributed by atoms with Gasteiger partial charge in [0, 0.05) is 17.1 Å². The van der Waals surface area contributed by atoms with Crippen LogP contribution in [-0.4, -0.2) is 29.6 Å². The second-order valence-corrected chi connectivity index (χ2v) is 7.04. The molecule has 1 aromatic carbocycles. The Bertz CT molecular complexity index is 1010. The smallest absolute Gasteiger partial charge is 0.341 e. The minimum absolute atomic E-state index is 0.119. The molecule has 7 heteroatoms. The molecule has 0 unspecified atom stereocenters. The zero-order chi connectivity index (χ0) is 20.1. The number of hydrogen-bond donors (Lipinski definition) is 0. The van der Waals surface area contributed by atoms with Gasteiger partial charge in [-0.1, -0.05) is 18.2 Å². The van der Waals surface area contributed by atoms with Gasteiger partial charge >= 0.3 is 5.97 Å². The van der Waals surface area contributed by atoms with Gasteiger partial charge in [0.05, 0.1) is 11.6 Å².